The first-order valence-electron chi connectivity index (χ1n) is 6.57. The Kier molecular flexibility index (Phi) is 6.73. The molecule has 0 aromatic heterocycles. The van der Waals surface area contributed by atoms with Gasteiger partial charge >= 0.3 is 0 Å². The van der Waals surface area contributed by atoms with Crippen molar-refractivity contribution in [2.24, 2.45) is 0 Å². The number of carbonyl (C=O) groups is 1. The Hall–Kier alpha value is -1.04. The zero-order chi connectivity index (χ0) is 15.9. The van der Waals surface area contributed by atoms with E-state index in [0.717, 1.165) is 15.6 Å². The fourth-order valence-corrected chi connectivity index (χ4v) is 3.41. The fourth-order valence-electron chi connectivity index (χ4n) is 1.75. The second-order valence-electron chi connectivity index (χ2n) is 4.63. The van der Waals surface area contributed by atoms with E-state index in [-0.39, 0.29) is 11.7 Å². The van der Waals surface area contributed by atoms with Gasteiger partial charge in [-0.3, -0.25) is 4.79 Å². The van der Waals surface area contributed by atoms with Crippen LogP contribution in [0.15, 0.2) is 46.9 Å². The molecule has 0 aliphatic heterocycles. The molecule has 116 valence electrons. The number of rotatable bonds is 6. The molecule has 1 amide bonds. The van der Waals surface area contributed by atoms with Crippen LogP contribution in [0.1, 0.15) is 11.1 Å². The average molecular weight is 403 g/mol. The lowest BCUT2D eigenvalue weighted by Crippen LogP contribution is -2.24. The number of hydrogen-bond acceptors (Lipinski definition) is 2. The van der Waals surface area contributed by atoms with Crippen LogP contribution < -0.4 is 5.32 Å². The van der Waals surface area contributed by atoms with Gasteiger partial charge in [0.25, 0.3) is 0 Å². The third kappa shape index (κ3) is 5.63. The van der Waals surface area contributed by atoms with Crippen molar-refractivity contribution in [1.29, 1.82) is 0 Å². The van der Waals surface area contributed by atoms with Crippen molar-refractivity contribution in [3.8, 4) is 0 Å². The first-order chi connectivity index (χ1) is 10.5. The summed E-state index contributed by atoms with van der Waals surface area (Å²) in [7, 11) is 0. The summed E-state index contributed by atoms with van der Waals surface area (Å²) in [5, 5.41) is 3.53. The summed E-state index contributed by atoms with van der Waals surface area (Å²) in [6.07, 6.45) is 0. The Morgan fingerprint density at radius 2 is 1.95 bits per heavy atom. The highest BCUT2D eigenvalue weighted by atomic mass is 79.9. The molecule has 2 rings (SSSR count). The predicted molar refractivity (Wildman–Crippen MR) is 93.6 cm³/mol. The van der Waals surface area contributed by atoms with Gasteiger partial charge in [0.05, 0.1) is 5.75 Å². The lowest BCUT2D eigenvalue weighted by Gasteiger charge is -2.07. The van der Waals surface area contributed by atoms with Crippen LogP contribution in [0, 0.1) is 5.82 Å². The number of nitrogens with one attached hydrogen (secondary N) is 1. The number of carbonyl (C=O) groups excluding carboxylic acids is 1. The first-order valence-corrected chi connectivity index (χ1v) is 8.90. The van der Waals surface area contributed by atoms with Crippen molar-refractivity contribution in [2.45, 2.75) is 12.3 Å². The molecule has 0 atom stereocenters. The normalized spacial score (nSPS) is 10.5. The van der Waals surface area contributed by atoms with E-state index in [9.17, 15) is 9.18 Å². The lowest BCUT2D eigenvalue weighted by atomic mass is 10.2. The molecule has 2 aromatic carbocycles. The molecule has 0 aliphatic rings. The minimum Gasteiger partial charge on any atom is -0.351 e. The number of halogens is 3. The van der Waals surface area contributed by atoms with E-state index in [1.54, 1.807) is 18.2 Å². The standard InChI is InChI=1S/C16H14BrClFNOS/c17-15-7-14(19)6-3-12(15)9-22-10-16(21)20-8-11-1-4-13(18)5-2-11/h1-7H,8-10H2,(H,20,21). The highest BCUT2D eigenvalue weighted by Crippen LogP contribution is 2.22. The summed E-state index contributed by atoms with van der Waals surface area (Å²) >= 11 is 10.6. The van der Waals surface area contributed by atoms with Gasteiger partial charge in [0.15, 0.2) is 0 Å². The SMILES string of the molecule is O=C(CSCc1ccc(F)cc1Br)NCc1ccc(Cl)cc1. The number of hydrogen-bond donors (Lipinski definition) is 1. The van der Waals surface area contributed by atoms with Gasteiger partial charge in [-0.2, -0.15) is 0 Å². The van der Waals surface area contributed by atoms with Gasteiger partial charge in [0.2, 0.25) is 5.91 Å². The Balaban J connectivity index is 1.72. The Bertz CT molecular complexity index is 651. The molecular weight excluding hydrogens is 389 g/mol. The van der Waals surface area contributed by atoms with Gasteiger partial charge in [-0.1, -0.05) is 45.7 Å². The fraction of sp³-hybridized carbons (Fsp3) is 0.188. The summed E-state index contributed by atoms with van der Waals surface area (Å²) in [4.78, 5) is 11.8. The van der Waals surface area contributed by atoms with Crippen molar-refractivity contribution in [3.63, 3.8) is 0 Å². The number of benzene rings is 2. The second-order valence-corrected chi connectivity index (χ2v) is 6.91. The van der Waals surface area contributed by atoms with E-state index in [2.05, 4.69) is 21.2 Å². The molecule has 0 unspecified atom stereocenters. The lowest BCUT2D eigenvalue weighted by molar-refractivity contribution is -0.118. The molecule has 0 fully saturated rings. The molecule has 0 radical (unpaired) electrons. The summed E-state index contributed by atoms with van der Waals surface area (Å²) in [5.74, 6) is 0.701. The Labute approximate surface area is 146 Å². The van der Waals surface area contributed by atoms with Crippen LogP contribution >= 0.6 is 39.3 Å². The Morgan fingerprint density at radius 1 is 1.23 bits per heavy atom. The zero-order valence-electron chi connectivity index (χ0n) is 11.6. The van der Waals surface area contributed by atoms with E-state index < -0.39 is 0 Å². The van der Waals surface area contributed by atoms with E-state index in [1.165, 1.54) is 23.9 Å². The van der Waals surface area contributed by atoms with Gasteiger partial charge in [-0.25, -0.2) is 4.39 Å². The van der Waals surface area contributed by atoms with E-state index in [4.69, 9.17) is 11.6 Å². The molecule has 0 spiro atoms. The molecule has 0 saturated heterocycles. The first kappa shape index (κ1) is 17.3. The largest absolute Gasteiger partial charge is 0.351 e. The van der Waals surface area contributed by atoms with Crippen molar-refractivity contribution in [3.05, 3.63) is 68.9 Å². The summed E-state index contributed by atoms with van der Waals surface area (Å²) < 4.78 is 13.7. The Morgan fingerprint density at radius 3 is 2.64 bits per heavy atom. The molecule has 2 aromatic rings. The van der Waals surface area contributed by atoms with Gasteiger partial charge in [0.1, 0.15) is 5.82 Å². The van der Waals surface area contributed by atoms with E-state index in [1.807, 2.05) is 12.1 Å². The van der Waals surface area contributed by atoms with Gasteiger partial charge in [0, 0.05) is 21.8 Å². The van der Waals surface area contributed by atoms with Gasteiger partial charge < -0.3 is 5.32 Å². The monoisotopic (exact) mass is 401 g/mol. The molecule has 0 bridgehead atoms. The van der Waals surface area contributed by atoms with Crippen LogP contribution in [0.5, 0.6) is 0 Å². The third-order valence-electron chi connectivity index (χ3n) is 2.91. The maximum atomic E-state index is 13.0. The molecule has 0 saturated carbocycles. The smallest absolute Gasteiger partial charge is 0.230 e. The summed E-state index contributed by atoms with van der Waals surface area (Å²) in [6.45, 7) is 0.483. The molecule has 6 heteroatoms. The van der Waals surface area contributed by atoms with Crippen LogP contribution in [-0.4, -0.2) is 11.7 Å². The highest BCUT2D eigenvalue weighted by molar-refractivity contribution is 9.10. The van der Waals surface area contributed by atoms with Crippen molar-refractivity contribution >= 4 is 45.2 Å². The highest BCUT2D eigenvalue weighted by Gasteiger charge is 2.05. The van der Waals surface area contributed by atoms with Crippen LogP contribution in [0.25, 0.3) is 0 Å². The van der Waals surface area contributed by atoms with Gasteiger partial charge in [-0.05, 0) is 35.4 Å². The molecule has 0 aliphatic carbocycles. The zero-order valence-corrected chi connectivity index (χ0v) is 14.8. The van der Waals surface area contributed by atoms with Crippen molar-refractivity contribution in [1.82, 2.24) is 5.32 Å². The summed E-state index contributed by atoms with van der Waals surface area (Å²) in [6, 6.07) is 11.9. The molecule has 2 nitrogen and oxygen atoms in total. The minimum absolute atomic E-state index is 0.0295. The van der Waals surface area contributed by atoms with Crippen molar-refractivity contribution in [2.75, 3.05) is 5.75 Å². The van der Waals surface area contributed by atoms with Crippen LogP contribution in [-0.2, 0) is 17.1 Å². The molecule has 1 N–H and O–H groups in total. The van der Waals surface area contributed by atoms with Crippen LogP contribution in [0.3, 0.4) is 0 Å². The van der Waals surface area contributed by atoms with E-state index >= 15 is 0 Å². The topological polar surface area (TPSA) is 29.1 Å². The number of amides is 1. The third-order valence-corrected chi connectivity index (χ3v) is 4.88. The van der Waals surface area contributed by atoms with Crippen LogP contribution in [0.4, 0.5) is 4.39 Å². The molecular formula is C16H14BrClFNOS. The van der Waals surface area contributed by atoms with Crippen LogP contribution in [0.2, 0.25) is 5.02 Å². The molecule has 0 heterocycles. The van der Waals surface area contributed by atoms with E-state index in [0.29, 0.717) is 23.1 Å². The maximum absolute atomic E-state index is 13.0. The molecule has 22 heavy (non-hydrogen) atoms. The quantitative estimate of drug-likeness (QED) is 0.752. The summed E-state index contributed by atoms with van der Waals surface area (Å²) in [5.41, 5.74) is 1.97. The maximum Gasteiger partial charge on any atom is 0.230 e. The van der Waals surface area contributed by atoms with Crippen molar-refractivity contribution < 1.29 is 9.18 Å². The second kappa shape index (κ2) is 8.56. The number of thioether (sulfide) groups is 1. The predicted octanol–water partition coefficient (Wildman–Crippen LogP) is 4.79. The average Bonchev–Trinajstić information content (AvgIpc) is 2.49. The minimum atomic E-state index is -0.277. The van der Waals surface area contributed by atoms with Gasteiger partial charge in [-0.15, -0.1) is 11.8 Å².